The monoisotopic (exact) mass is 247 g/mol. The van der Waals surface area contributed by atoms with E-state index < -0.39 is 0 Å². The molecule has 0 unspecified atom stereocenters. The van der Waals surface area contributed by atoms with Crippen molar-refractivity contribution in [1.29, 1.82) is 0 Å². The minimum atomic E-state index is -0.121. The second-order valence-electron chi connectivity index (χ2n) is 4.31. The zero-order valence-corrected chi connectivity index (χ0v) is 10.4. The molecule has 0 fully saturated rings. The van der Waals surface area contributed by atoms with Crippen molar-refractivity contribution in [1.82, 2.24) is 5.32 Å². The predicted octanol–water partition coefficient (Wildman–Crippen LogP) is 0.284. The molecule has 2 rings (SSSR count). The van der Waals surface area contributed by atoms with Crippen LogP contribution in [0.2, 0.25) is 0 Å². The van der Waals surface area contributed by atoms with Crippen LogP contribution in [0.25, 0.3) is 0 Å². The largest absolute Gasteiger partial charge is 0.351 e. The molecule has 1 aromatic carbocycles. The number of carbonyl (C=O) groups is 2. The van der Waals surface area contributed by atoms with Crippen LogP contribution in [0.5, 0.6) is 0 Å². The topological polar surface area (TPSA) is 75.4 Å². The van der Waals surface area contributed by atoms with E-state index in [1.165, 1.54) is 0 Å². The first kappa shape index (κ1) is 12.6. The Morgan fingerprint density at radius 1 is 1.44 bits per heavy atom. The lowest BCUT2D eigenvalue weighted by Gasteiger charge is -2.14. The number of carbonyl (C=O) groups excluding carboxylic acids is 2. The van der Waals surface area contributed by atoms with Crippen LogP contribution in [0.3, 0.4) is 0 Å². The van der Waals surface area contributed by atoms with Crippen LogP contribution in [0.4, 0.5) is 5.69 Å². The molecule has 2 amide bonds. The fourth-order valence-corrected chi connectivity index (χ4v) is 2.16. The second-order valence-corrected chi connectivity index (χ2v) is 4.31. The number of benzene rings is 1. The third-order valence-electron chi connectivity index (χ3n) is 3.05. The molecular weight excluding hydrogens is 230 g/mol. The first-order chi connectivity index (χ1) is 8.63. The number of nitrogens with two attached hydrogens (primary N) is 1. The quantitative estimate of drug-likeness (QED) is 0.805. The van der Waals surface area contributed by atoms with Gasteiger partial charge in [0.1, 0.15) is 0 Å². The summed E-state index contributed by atoms with van der Waals surface area (Å²) in [6.07, 6.45) is 0.799. The van der Waals surface area contributed by atoms with Crippen molar-refractivity contribution in [3.05, 3.63) is 29.3 Å². The van der Waals surface area contributed by atoms with Crippen molar-refractivity contribution >= 4 is 17.5 Å². The first-order valence-corrected chi connectivity index (χ1v) is 6.03. The van der Waals surface area contributed by atoms with Gasteiger partial charge in [0.15, 0.2) is 0 Å². The van der Waals surface area contributed by atoms with Crippen molar-refractivity contribution < 1.29 is 9.59 Å². The van der Waals surface area contributed by atoms with E-state index in [1.807, 2.05) is 12.1 Å². The molecule has 0 radical (unpaired) electrons. The van der Waals surface area contributed by atoms with Crippen molar-refractivity contribution in [3.63, 3.8) is 0 Å². The minimum Gasteiger partial charge on any atom is -0.351 e. The Morgan fingerprint density at radius 3 is 2.89 bits per heavy atom. The lowest BCUT2D eigenvalue weighted by molar-refractivity contribution is -0.116. The second kappa shape index (κ2) is 5.18. The highest BCUT2D eigenvalue weighted by Gasteiger charge is 2.22. The molecule has 0 saturated heterocycles. The van der Waals surface area contributed by atoms with Gasteiger partial charge in [-0.15, -0.1) is 0 Å². The average molecular weight is 247 g/mol. The summed E-state index contributed by atoms with van der Waals surface area (Å²) < 4.78 is 0. The van der Waals surface area contributed by atoms with Gasteiger partial charge in [-0.25, -0.2) is 0 Å². The normalized spacial score (nSPS) is 13.3. The van der Waals surface area contributed by atoms with E-state index in [0.717, 1.165) is 17.7 Å². The molecule has 18 heavy (non-hydrogen) atoms. The molecule has 96 valence electrons. The zero-order valence-electron chi connectivity index (χ0n) is 10.4. The van der Waals surface area contributed by atoms with Gasteiger partial charge < -0.3 is 16.0 Å². The lowest BCUT2D eigenvalue weighted by atomic mass is 10.1. The minimum absolute atomic E-state index is 0.0362. The molecule has 5 heteroatoms. The summed E-state index contributed by atoms with van der Waals surface area (Å²) >= 11 is 0. The molecule has 0 spiro atoms. The highest BCUT2D eigenvalue weighted by atomic mass is 16.2. The van der Waals surface area contributed by atoms with Crippen LogP contribution in [0.15, 0.2) is 18.2 Å². The molecule has 0 aliphatic carbocycles. The van der Waals surface area contributed by atoms with Crippen molar-refractivity contribution in [2.24, 2.45) is 5.73 Å². The molecule has 5 nitrogen and oxygen atoms in total. The molecule has 1 aliphatic rings. The molecular formula is C13H17N3O2. The molecule has 3 N–H and O–H groups in total. The number of nitrogens with one attached hydrogen (secondary N) is 1. The van der Waals surface area contributed by atoms with Gasteiger partial charge in [-0.2, -0.15) is 0 Å². The highest BCUT2D eigenvalue weighted by Crippen LogP contribution is 2.28. The van der Waals surface area contributed by atoms with Gasteiger partial charge in [-0.05, 0) is 30.2 Å². The number of hydrogen-bond donors (Lipinski definition) is 2. The lowest BCUT2D eigenvalue weighted by Crippen LogP contribution is -2.29. The standard InChI is InChI=1S/C13H17N3O2/c1-9(17)16-7-4-10-8-11(2-3-12(10)16)13(18)15-6-5-14/h2-3,8H,4-7,14H2,1H3,(H,15,18). The van der Waals surface area contributed by atoms with Gasteiger partial charge in [-0.1, -0.05) is 0 Å². The van der Waals surface area contributed by atoms with Gasteiger partial charge in [0, 0.05) is 37.8 Å². The summed E-state index contributed by atoms with van der Waals surface area (Å²) in [5.41, 5.74) is 7.92. The summed E-state index contributed by atoms with van der Waals surface area (Å²) in [5, 5.41) is 2.73. The molecule has 1 aliphatic heterocycles. The Labute approximate surface area is 106 Å². The van der Waals surface area contributed by atoms with E-state index in [4.69, 9.17) is 5.73 Å². The van der Waals surface area contributed by atoms with Crippen molar-refractivity contribution in [2.45, 2.75) is 13.3 Å². The van der Waals surface area contributed by atoms with Gasteiger partial charge in [0.25, 0.3) is 5.91 Å². The van der Waals surface area contributed by atoms with Gasteiger partial charge >= 0.3 is 0 Å². The van der Waals surface area contributed by atoms with Gasteiger partial charge in [-0.3, -0.25) is 9.59 Å². The van der Waals surface area contributed by atoms with E-state index in [-0.39, 0.29) is 11.8 Å². The molecule has 0 atom stereocenters. The van der Waals surface area contributed by atoms with Gasteiger partial charge in [0.05, 0.1) is 0 Å². The van der Waals surface area contributed by atoms with E-state index in [2.05, 4.69) is 5.32 Å². The Morgan fingerprint density at radius 2 is 2.22 bits per heavy atom. The van der Waals surface area contributed by atoms with E-state index in [9.17, 15) is 9.59 Å². The Hall–Kier alpha value is -1.88. The summed E-state index contributed by atoms with van der Waals surface area (Å²) in [4.78, 5) is 24.9. The fourth-order valence-electron chi connectivity index (χ4n) is 2.16. The number of hydrogen-bond acceptors (Lipinski definition) is 3. The maximum Gasteiger partial charge on any atom is 0.251 e. The Bertz CT molecular complexity index is 485. The molecule has 0 bridgehead atoms. The van der Waals surface area contributed by atoms with Crippen LogP contribution in [0.1, 0.15) is 22.8 Å². The summed E-state index contributed by atoms with van der Waals surface area (Å²) in [7, 11) is 0. The molecule has 0 saturated carbocycles. The van der Waals surface area contributed by atoms with Crippen LogP contribution in [0, 0.1) is 0 Å². The number of fused-ring (bicyclic) bond motifs is 1. The third kappa shape index (κ3) is 2.36. The third-order valence-corrected chi connectivity index (χ3v) is 3.05. The van der Waals surface area contributed by atoms with Crippen molar-refractivity contribution in [2.75, 3.05) is 24.5 Å². The van der Waals surface area contributed by atoms with Crippen LogP contribution in [-0.4, -0.2) is 31.4 Å². The number of rotatable bonds is 3. The fraction of sp³-hybridized carbons (Fsp3) is 0.385. The van der Waals surface area contributed by atoms with Crippen LogP contribution < -0.4 is 16.0 Å². The first-order valence-electron chi connectivity index (χ1n) is 6.03. The maximum atomic E-state index is 11.8. The number of anilines is 1. The van der Waals surface area contributed by atoms with E-state index in [1.54, 1.807) is 17.9 Å². The highest BCUT2D eigenvalue weighted by molar-refractivity contribution is 5.97. The summed E-state index contributed by atoms with van der Waals surface area (Å²) in [6, 6.07) is 5.43. The summed E-state index contributed by atoms with van der Waals surface area (Å²) in [6.45, 7) is 3.14. The average Bonchev–Trinajstić information content (AvgIpc) is 2.78. The SMILES string of the molecule is CC(=O)N1CCc2cc(C(=O)NCCN)ccc21. The van der Waals surface area contributed by atoms with Crippen LogP contribution in [-0.2, 0) is 11.2 Å². The van der Waals surface area contributed by atoms with Crippen molar-refractivity contribution in [3.8, 4) is 0 Å². The summed E-state index contributed by atoms with van der Waals surface area (Å²) in [5.74, 6) is -0.0846. The molecule has 1 heterocycles. The molecule has 0 aromatic heterocycles. The predicted molar refractivity (Wildman–Crippen MR) is 69.6 cm³/mol. The smallest absolute Gasteiger partial charge is 0.251 e. The van der Waals surface area contributed by atoms with Gasteiger partial charge in [0.2, 0.25) is 5.91 Å². The Kier molecular flexibility index (Phi) is 3.62. The molecule has 1 aromatic rings. The van der Waals surface area contributed by atoms with E-state index in [0.29, 0.717) is 25.2 Å². The van der Waals surface area contributed by atoms with E-state index >= 15 is 0 Å². The van der Waals surface area contributed by atoms with Crippen LogP contribution >= 0.6 is 0 Å². The number of amides is 2. The maximum absolute atomic E-state index is 11.8. The zero-order chi connectivity index (χ0) is 13.1. The Balaban J connectivity index is 2.19. The number of nitrogens with zero attached hydrogens (tertiary/aromatic N) is 1.